The lowest BCUT2D eigenvalue weighted by Crippen LogP contribution is -2.25. The Bertz CT molecular complexity index is 1020. The first-order valence-corrected chi connectivity index (χ1v) is 10.5. The second-order valence-corrected chi connectivity index (χ2v) is 8.68. The molecule has 0 fully saturated rings. The van der Waals surface area contributed by atoms with Crippen LogP contribution in [0.4, 0.5) is 5.13 Å². The Morgan fingerprint density at radius 1 is 1.26 bits per heavy atom. The van der Waals surface area contributed by atoms with Crippen molar-refractivity contribution in [2.45, 2.75) is 17.3 Å². The zero-order chi connectivity index (χ0) is 19.3. The van der Waals surface area contributed by atoms with Gasteiger partial charge >= 0.3 is 0 Å². The van der Waals surface area contributed by atoms with Gasteiger partial charge in [-0.05, 0) is 18.6 Å². The van der Waals surface area contributed by atoms with E-state index in [1.54, 1.807) is 43.0 Å². The van der Waals surface area contributed by atoms with Crippen molar-refractivity contribution in [3.63, 3.8) is 0 Å². The Balaban J connectivity index is 1.57. The number of rotatable bonds is 8. The summed E-state index contributed by atoms with van der Waals surface area (Å²) in [5.41, 5.74) is 0.261. The van der Waals surface area contributed by atoms with Gasteiger partial charge in [-0.1, -0.05) is 35.1 Å². The summed E-state index contributed by atoms with van der Waals surface area (Å²) in [7, 11) is -3.80. The van der Waals surface area contributed by atoms with E-state index in [4.69, 9.17) is 11.6 Å². The molecule has 0 saturated carbocycles. The summed E-state index contributed by atoms with van der Waals surface area (Å²) in [5.74, 6) is -0.492. The summed E-state index contributed by atoms with van der Waals surface area (Å²) in [4.78, 5) is 16.1. The number of amides is 1. The molecule has 0 radical (unpaired) electrons. The summed E-state index contributed by atoms with van der Waals surface area (Å²) in [6.07, 6.45) is 5.70. The molecule has 0 atom stereocenters. The van der Waals surface area contributed by atoms with Gasteiger partial charge in [0.05, 0.1) is 16.9 Å². The number of aryl methyl sites for hydroxylation is 1. The fourth-order valence-corrected chi connectivity index (χ4v) is 4.36. The molecule has 0 saturated heterocycles. The second kappa shape index (κ2) is 8.57. The Hall–Kier alpha value is -2.34. The molecule has 0 aliphatic carbocycles. The Kier molecular flexibility index (Phi) is 6.16. The van der Waals surface area contributed by atoms with Crippen molar-refractivity contribution in [1.29, 1.82) is 0 Å². The number of carbonyl (C=O) groups excluding carboxylic acids is 1. The van der Waals surface area contributed by atoms with Gasteiger partial charge in [0, 0.05) is 25.5 Å². The van der Waals surface area contributed by atoms with Crippen LogP contribution in [0.15, 0.2) is 47.3 Å². The Morgan fingerprint density at radius 3 is 2.81 bits per heavy atom. The van der Waals surface area contributed by atoms with Gasteiger partial charge in [0.2, 0.25) is 9.47 Å². The first-order chi connectivity index (χ1) is 13.0. The molecule has 0 aliphatic rings. The van der Waals surface area contributed by atoms with Crippen molar-refractivity contribution in [3.05, 3.63) is 53.6 Å². The van der Waals surface area contributed by atoms with Crippen LogP contribution in [0.1, 0.15) is 16.8 Å². The molecule has 1 aromatic carbocycles. The number of carbonyl (C=O) groups is 1. The normalized spacial score (nSPS) is 11.4. The first kappa shape index (κ1) is 19.4. The molecule has 0 aliphatic heterocycles. The Labute approximate surface area is 164 Å². The van der Waals surface area contributed by atoms with Gasteiger partial charge in [-0.25, -0.2) is 18.1 Å². The van der Waals surface area contributed by atoms with Gasteiger partial charge in [0.15, 0.2) is 0 Å². The minimum absolute atomic E-state index is 0.0683. The molecule has 27 heavy (non-hydrogen) atoms. The predicted octanol–water partition coefficient (Wildman–Crippen LogP) is 2.01. The average molecular weight is 427 g/mol. The zero-order valence-electron chi connectivity index (χ0n) is 13.9. The number of benzene rings is 1. The third-order valence-electron chi connectivity index (χ3n) is 3.42. The SMILES string of the molecule is O=C(Nc1nnc(S(=O)(=O)NCCCn2ccnc2)s1)c1ccccc1Cl. The number of nitrogens with zero attached hydrogens (tertiary/aromatic N) is 4. The van der Waals surface area contributed by atoms with Gasteiger partial charge in [0.25, 0.3) is 15.9 Å². The van der Waals surface area contributed by atoms with Gasteiger partial charge in [-0.15, -0.1) is 10.2 Å². The number of sulfonamides is 1. The van der Waals surface area contributed by atoms with E-state index in [0.29, 0.717) is 13.0 Å². The predicted molar refractivity (Wildman–Crippen MR) is 101 cm³/mol. The number of hydrogen-bond acceptors (Lipinski definition) is 7. The van der Waals surface area contributed by atoms with Crippen molar-refractivity contribution >= 4 is 44.0 Å². The van der Waals surface area contributed by atoms with E-state index in [-0.39, 0.29) is 26.6 Å². The first-order valence-electron chi connectivity index (χ1n) is 7.80. The van der Waals surface area contributed by atoms with Crippen molar-refractivity contribution in [3.8, 4) is 0 Å². The number of aromatic nitrogens is 4. The number of halogens is 1. The van der Waals surface area contributed by atoms with Crippen LogP contribution >= 0.6 is 22.9 Å². The van der Waals surface area contributed by atoms with Gasteiger partial charge < -0.3 is 4.57 Å². The zero-order valence-corrected chi connectivity index (χ0v) is 16.3. The molecule has 0 unspecified atom stereocenters. The largest absolute Gasteiger partial charge is 0.337 e. The molecular weight excluding hydrogens is 412 g/mol. The van der Waals surface area contributed by atoms with E-state index in [1.165, 1.54) is 0 Å². The third kappa shape index (κ3) is 5.10. The van der Waals surface area contributed by atoms with Crippen LogP contribution in [-0.2, 0) is 16.6 Å². The summed E-state index contributed by atoms with van der Waals surface area (Å²) >= 11 is 6.73. The molecule has 2 N–H and O–H groups in total. The van der Waals surface area contributed by atoms with Gasteiger partial charge in [-0.3, -0.25) is 10.1 Å². The van der Waals surface area contributed by atoms with E-state index >= 15 is 0 Å². The highest BCUT2D eigenvalue weighted by Crippen LogP contribution is 2.22. The monoisotopic (exact) mass is 426 g/mol. The molecule has 142 valence electrons. The molecule has 9 nitrogen and oxygen atoms in total. The van der Waals surface area contributed by atoms with Crippen molar-refractivity contribution in [2.75, 3.05) is 11.9 Å². The van der Waals surface area contributed by atoms with E-state index in [0.717, 1.165) is 11.3 Å². The fourth-order valence-electron chi connectivity index (χ4n) is 2.13. The lowest BCUT2D eigenvalue weighted by Gasteiger charge is -2.04. The van der Waals surface area contributed by atoms with E-state index < -0.39 is 15.9 Å². The number of anilines is 1. The Morgan fingerprint density at radius 2 is 2.07 bits per heavy atom. The van der Waals surface area contributed by atoms with Crippen LogP contribution in [-0.4, -0.2) is 40.6 Å². The summed E-state index contributed by atoms with van der Waals surface area (Å²) in [6.45, 7) is 0.874. The molecule has 3 rings (SSSR count). The smallest absolute Gasteiger partial charge is 0.269 e. The van der Waals surface area contributed by atoms with E-state index in [9.17, 15) is 13.2 Å². The average Bonchev–Trinajstić information content (AvgIpc) is 3.31. The third-order valence-corrected chi connectivity index (χ3v) is 6.42. The van der Waals surface area contributed by atoms with Crippen molar-refractivity contribution in [1.82, 2.24) is 24.5 Å². The van der Waals surface area contributed by atoms with Crippen molar-refractivity contribution < 1.29 is 13.2 Å². The minimum atomic E-state index is -3.80. The highest BCUT2D eigenvalue weighted by Gasteiger charge is 2.21. The summed E-state index contributed by atoms with van der Waals surface area (Å²) < 4.78 is 28.6. The lowest BCUT2D eigenvalue weighted by molar-refractivity contribution is 0.102. The minimum Gasteiger partial charge on any atom is -0.337 e. The summed E-state index contributed by atoms with van der Waals surface area (Å²) in [5, 5.41) is 10.2. The van der Waals surface area contributed by atoms with Crippen LogP contribution in [0.3, 0.4) is 0 Å². The standard InChI is InChI=1S/C15H15ClN6O3S2/c16-12-5-2-1-4-11(12)13(23)19-14-20-21-15(26-14)27(24,25)18-6-3-8-22-9-7-17-10-22/h1-2,4-5,7,9-10,18H,3,6,8H2,(H,19,20,23). The van der Waals surface area contributed by atoms with Crippen molar-refractivity contribution in [2.24, 2.45) is 0 Å². The quantitative estimate of drug-likeness (QED) is 0.420. The number of nitrogens with one attached hydrogen (secondary N) is 2. The molecule has 3 aromatic rings. The topological polar surface area (TPSA) is 119 Å². The van der Waals surface area contributed by atoms with Crippen LogP contribution < -0.4 is 10.0 Å². The van der Waals surface area contributed by atoms with Crippen LogP contribution in [0, 0.1) is 0 Å². The highest BCUT2D eigenvalue weighted by molar-refractivity contribution is 7.91. The highest BCUT2D eigenvalue weighted by atomic mass is 35.5. The van der Waals surface area contributed by atoms with Crippen LogP contribution in [0.5, 0.6) is 0 Å². The maximum Gasteiger partial charge on any atom is 0.269 e. The lowest BCUT2D eigenvalue weighted by atomic mass is 10.2. The molecule has 0 bridgehead atoms. The number of imidazole rings is 1. The van der Waals surface area contributed by atoms with E-state index in [2.05, 4.69) is 25.2 Å². The molecule has 1 amide bonds. The van der Waals surface area contributed by atoms with Gasteiger partial charge in [-0.2, -0.15) is 0 Å². The van der Waals surface area contributed by atoms with E-state index in [1.807, 2.05) is 4.57 Å². The maximum atomic E-state index is 12.3. The molecule has 0 spiro atoms. The number of hydrogen-bond donors (Lipinski definition) is 2. The van der Waals surface area contributed by atoms with Crippen LogP contribution in [0.2, 0.25) is 5.02 Å². The molecule has 2 aromatic heterocycles. The summed E-state index contributed by atoms with van der Waals surface area (Å²) in [6, 6.07) is 6.51. The molecular formula is C15H15ClN6O3S2. The molecule has 2 heterocycles. The maximum absolute atomic E-state index is 12.3. The molecule has 12 heteroatoms. The fraction of sp³-hybridized carbons (Fsp3) is 0.200. The second-order valence-electron chi connectivity index (χ2n) is 5.36. The van der Waals surface area contributed by atoms with Crippen LogP contribution in [0.25, 0.3) is 0 Å². The van der Waals surface area contributed by atoms with Gasteiger partial charge in [0.1, 0.15) is 0 Å².